The molecule has 1 saturated heterocycles. The van der Waals surface area contributed by atoms with E-state index in [1.807, 2.05) is 18.2 Å². The third-order valence-corrected chi connectivity index (χ3v) is 3.95. The van der Waals surface area contributed by atoms with Crippen molar-refractivity contribution in [3.05, 3.63) is 35.7 Å². The Morgan fingerprint density at radius 1 is 1.17 bits per heavy atom. The number of H-pyrrole nitrogens is 1. The van der Waals surface area contributed by atoms with Crippen molar-refractivity contribution >= 4 is 17.3 Å². The Morgan fingerprint density at radius 2 is 1.96 bits per heavy atom. The van der Waals surface area contributed by atoms with E-state index in [1.165, 1.54) is 0 Å². The van der Waals surface area contributed by atoms with Gasteiger partial charge in [0.05, 0.1) is 6.42 Å². The zero-order valence-corrected chi connectivity index (χ0v) is 12.9. The molecular formula is C15H18N6O2. The van der Waals surface area contributed by atoms with Gasteiger partial charge in [-0.15, -0.1) is 10.2 Å². The van der Waals surface area contributed by atoms with Gasteiger partial charge in [-0.05, 0) is 24.4 Å². The van der Waals surface area contributed by atoms with Crippen LogP contribution < -0.4 is 4.90 Å². The lowest BCUT2D eigenvalue weighted by atomic mass is 10.0. The van der Waals surface area contributed by atoms with Gasteiger partial charge in [0.2, 0.25) is 11.6 Å². The number of anilines is 1. The van der Waals surface area contributed by atoms with Crippen molar-refractivity contribution in [3.8, 4) is 0 Å². The van der Waals surface area contributed by atoms with Crippen LogP contribution in [0.15, 0.2) is 24.3 Å². The summed E-state index contributed by atoms with van der Waals surface area (Å²) < 4.78 is 0. The minimum Gasteiger partial charge on any atom is -0.369 e. The monoisotopic (exact) mass is 314 g/mol. The van der Waals surface area contributed by atoms with Crippen molar-refractivity contribution in [2.45, 2.75) is 6.42 Å². The molecule has 1 aliphatic heterocycles. The summed E-state index contributed by atoms with van der Waals surface area (Å²) in [7, 11) is 2.10. The molecule has 0 radical (unpaired) electrons. The quantitative estimate of drug-likeness (QED) is 0.630. The molecule has 2 aromatic rings. The van der Waals surface area contributed by atoms with Crippen LogP contribution in [0, 0.1) is 0 Å². The number of piperazine rings is 1. The SMILES string of the molecule is CN1CCN(c2cccc(C(=O)CC(=O)c3nn[nH]n3)c2)CC1. The highest BCUT2D eigenvalue weighted by atomic mass is 16.1. The Morgan fingerprint density at radius 3 is 2.65 bits per heavy atom. The molecule has 0 atom stereocenters. The van der Waals surface area contributed by atoms with Crippen molar-refractivity contribution in [2.75, 3.05) is 38.1 Å². The van der Waals surface area contributed by atoms with Crippen LogP contribution >= 0.6 is 0 Å². The summed E-state index contributed by atoms with van der Waals surface area (Å²) in [5, 5.41) is 12.7. The largest absolute Gasteiger partial charge is 0.369 e. The second kappa shape index (κ2) is 6.66. The van der Waals surface area contributed by atoms with Crippen molar-refractivity contribution < 1.29 is 9.59 Å². The third-order valence-electron chi connectivity index (χ3n) is 3.95. The lowest BCUT2D eigenvalue weighted by Crippen LogP contribution is -2.44. The Kier molecular flexibility index (Phi) is 4.42. The number of aromatic amines is 1. The first kappa shape index (κ1) is 15.3. The van der Waals surface area contributed by atoms with Crippen molar-refractivity contribution in [1.29, 1.82) is 0 Å². The molecule has 0 aliphatic carbocycles. The normalized spacial score (nSPS) is 15.6. The van der Waals surface area contributed by atoms with E-state index >= 15 is 0 Å². The number of hydrogen-bond donors (Lipinski definition) is 1. The number of ketones is 2. The van der Waals surface area contributed by atoms with Crippen LogP contribution in [0.1, 0.15) is 27.4 Å². The van der Waals surface area contributed by atoms with Gasteiger partial charge >= 0.3 is 0 Å². The maximum atomic E-state index is 12.3. The molecule has 1 fully saturated rings. The first-order valence-electron chi connectivity index (χ1n) is 7.47. The molecule has 3 rings (SSSR count). The van der Waals surface area contributed by atoms with E-state index in [1.54, 1.807) is 6.07 Å². The van der Waals surface area contributed by atoms with Crippen LogP contribution in [0.5, 0.6) is 0 Å². The van der Waals surface area contributed by atoms with Gasteiger partial charge in [-0.1, -0.05) is 12.1 Å². The molecule has 8 nitrogen and oxygen atoms in total. The van der Waals surface area contributed by atoms with E-state index in [0.29, 0.717) is 5.56 Å². The minimum absolute atomic E-state index is 0.0615. The molecule has 0 unspecified atom stereocenters. The van der Waals surface area contributed by atoms with Crippen LogP contribution in [-0.2, 0) is 0 Å². The molecule has 0 spiro atoms. The van der Waals surface area contributed by atoms with Gasteiger partial charge in [-0.3, -0.25) is 9.59 Å². The van der Waals surface area contributed by atoms with Crippen molar-refractivity contribution in [3.63, 3.8) is 0 Å². The molecule has 1 N–H and O–H groups in total. The molecule has 0 bridgehead atoms. The second-order valence-corrected chi connectivity index (χ2v) is 5.60. The van der Waals surface area contributed by atoms with E-state index in [4.69, 9.17) is 0 Å². The standard InChI is InChI=1S/C15H18N6O2/c1-20-5-7-21(8-6-20)12-4-2-3-11(9-12)13(22)10-14(23)15-16-18-19-17-15/h2-4,9H,5-8,10H2,1H3,(H,16,17,18,19). The molecule has 1 aliphatic rings. The summed E-state index contributed by atoms with van der Waals surface area (Å²) in [5.41, 5.74) is 1.54. The highest BCUT2D eigenvalue weighted by Crippen LogP contribution is 2.19. The number of Topliss-reactive ketones (excluding diaryl/α,β-unsaturated/α-hetero) is 2. The Bertz CT molecular complexity index is 692. The zero-order chi connectivity index (χ0) is 16.2. The molecule has 1 aromatic carbocycles. The first-order chi connectivity index (χ1) is 11.1. The van der Waals surface area contributed by atoms with Gasteiger partial charge < -0.3 is 9.80 Å². The molecule has 1 aromatic heterocycles. The van der Waals surface area contributed by atoms with Gasteiger partial charge in [0.15, 0.2) is 5.78 Å². The van der Waals surface area contributed by atoms with E-state index < -0.39 is 5.78 Å². The molecule has 8 heteroatoms. The van der Waals surface area contributed by atoms with E-state index in [0.717, 1.165) is 31.9 Å². The number of carbonyl (C=O) groups excluding carboxylic acids is 2. The molecule has 23 heavy (non-hydrogen) atoms. The summed E-state index contributed by atoms with van der Waals surface area (Å²) in [6, 6.07) is 7.41. The number of likely N-dealkylation sites (N-methyl/N-ethyl adjacent to an activating group) is 1. The Balaban J connectivity index is 1.69. The van der Waals surface area contributed by atoms with Crippen molar-refractivity contribution in [1.82, 2.24) is 25.5 Å². The predicted molar refractivity (Wildman–Crippen MR) is 83.6 cm³/mol. The number of nitrogens with one attached hydrogen (secondary N) is 1. The minimum atomic E-state index is -0.436. The summed E-state index contributed by atoms with van der Waals surface area (Å²) >= 11 is 0. The van der Waals surface area contributed by atoms with Crippen LogP contribution in [0.25, 0.3) is 0 Å². The summed E-state index contributed by atoms with van der Waals surface area (Å²) in [6.45, 7) is 3.84. The number of benzene rings is 1. The van der Waals surface area contributed by atoms with Crippen LogP contribution in [0.2, 0.25) is 0 Å². The first-order valence-corrected chi connectivity index (χ1v) is 7.47. The topological polar surface area (TPSA) is 95.1 Å². The molecule has 120 valence electrons. The van der Waals surface area contributed by atoms with E-state index in [9.17, 15) is 9.59 Å². The van der Waals surface area contributed by atoms with Crippen molar-refractivity contribution in [2.24, 2.45) is 0 Å². The van der Waals surface area contributed by atoms with Crippen LogP contribution in [0.3, 0.4) is 0 Å². The number of rotatable bonds is 5. The predicted octanol–water partition coefficient (Wildman–Crippen LogP) is 0.407. The second-order valence-electron chi connectivity index (χ2n) is 5.60. The maximum Gasteiger partial charge on any atom is 0.240 e. The number of aromatic nitrogens is 4. The smallest absolute Gasteiger partial charge is 0.240 e. The fourth-order valence-corrected chi connectivity index (χ4v) is 2.55. The average molecular weight is 314 g/mol. The summed E-state index contributed by atoms with van der Waals surface area (Å²) in [6.07, 6.45) is -0.258. The average Bonchev–Trinajstić information content (AvgIpc) is 3.10. The number of nitrogens with zero attached hydrogens (tertiary/aromatic N) is 5. The summed E-state index contributed by atoms with van der Waals surface area (Å²) in [4.78, 5) is 28.7. The van der Waals surface area contributed by atoms with Crippen LogP contribution in [-0.4, -0.2) is 70.3 Å². The van der Waals surface area contributed by atoms with Gasteiger partial charge in [0, 0.05) is 37.4 Å². The summed E-state index contributed by atoms with van der Waals surface area (Å²) in [5.74, 6) is -0.738. The molecule has 0 amide bonds. The Hall–Kier alpha value is -2.61. The lowest BCUT2D eigenvalue weighted by Gasteiger charge is -2.34. The van der Waals surface area contributed by atoms with Gasteiger partial charge in [0.1, 0.15) is 0 Å². The number of carbonyl (C=O) groups is 2. The zero-order valence-electron chi connectivity index (χ0n) is 12.9. The van der Waals surface area contributed by atoms with E-state index in [2.05, 4.69) is 37.5 Å². The Labute approximate surface area is 133 Å². The molecule has 0 saturated carbocycles. The fourth-order valence-electron chi connectivity index (χ4n) is 2.55. The third kappa shape index (κ3) is 3.59. The maximum absolute atomic E-state index is 12.3. The highest BCUT2D eigenvalue weighted by molar-refractivity contribution is 6.12. The van der Waals surface area contributed by atoms with Gasteiger partial charge in [-0.2, -0.15) is 5.21 Å². The molecular weight excluding hydrogens is 296 g/mol. The lowest BCUT2D eigenvalue weighted by molar-refractivity contribution is 0.0888. The van der Waals surface area contributed by atoms with Gasteiger partial charge in [-0.25, -0.2) is 0 Å². The van der Waals surface area contributed by atoms with Gasteiger partial charge in [0.25, 0.3) is 0 Å². The highest BCUT2D eigenvalue weighted by Gasteiger charge is 2.19. The number of tetrazole rings is 1. The fraction of sp³-hybridized carbons (Fsp3) is 0.400. The van der Waals surface area contributed by atoms with Crippen LogP contribution in [0.4, 0.5) is 5.69 Å². The number of hydrogen-bond acceptors (Lipinski definition) is 7. The van der Waals surface area contributed by atoms with E-state index in [-0.39, 0.29) is 18.0 Å². The molecule has 2 heterocycles.